The van der Waals surface area contributed by atoms with Crippen LogP contribution in [0.2, 0.25) is 0 Å². The van der Waals surface area contributed by atoms with Gasteiger partial charge in [-0.1, -0.05) is 77.6 Å². The average molecular weight is 433 g/mol. The van der Waals surface area contributed by atoms with E-state index in [1.807, 2.05) is 0 Å². The van der Waals surface area contributed by atoms with Gasteiger partial charge in [0.05, 0.1) is 22.8 Å². The fourth-order valence-electron chi connectivity index (χ4n) is 3.77. The van der Waals surface area contributed by atoms with Crippen molar-refractivity contribution in [1.82, 2.24) is 0 Å². The van der Waals surface area contributed by atoms with Crippen LogP contribution in [0.25, 0.3) is 0 Å². The van der Waals surface area contributed by atoms with Crippen molar-refractivity contribution in [1.29, 1.82) is 0 Å². The SMILES string of the molecule is CCCCC(=Nc1ccc(CCCC)cc1)C(CCCC)=Nc1ccc(CCCC)cc1. The van der Waals surface area contributed by atoms with Crippen LogP contribution in [-0.4, -0.2) is 11.4 Å². The number of nitrogens with zero attached hydrogens (tertiary/aromatic N) is 2. The third-order valence-corrected chi connectivity index (χ3v) is 5.91. The number of unbranched alkanes of at least 4 members (excludes halogenated alkanes) is 4. The van der Waals surface area contributed by atoms with Crippen molar-refractivity contribution in [3.63, 3.8) is 0 Å². The molecule has 2 aromatic rings. The molecule has 0 amide bonds. The molecule has 174 valence electrons. The Morgan fingerprint density at radius 2 is 0.844 bits per heavy atom. The molecule has 0 heterocycles. The highest BCUT2D eigenvalue weighted by molar-refractivity contribution is 6.43. The summed E-state index contributed by atoms with van der Waals surface area (Å²) in [7, 11) is 0. The summed E-state index contributed by atoms with van der Waals surface area (Å²) >= 11 is 0. The summed E-state index contributed by atoms with van der Waals surface area (Å²) < 4.78 is 0. The summed E-state index contributed by atoms with van der Waals surface area (Å²) in [5.74, 6) is 0. The lowest BCUT2D eigenvalue weighted by atomic mass is 10.0. The number of aliphatic imine (C=N–C) groups is 2. The van der Waals surface area contributed by atoms with Gasteiger partial charge in [-0.25, -0.2) is 0 Å². The zero-order chi connectivity index (χ0) is 23.0. The maximum Gasteiger partial charge on any atom is 0.0633 e. The maximum atomic E-state index is 5.11. The van der Waals surface area contributed by atoms with Crippen LogP contribution in [0.1, 0.15) is 103 Å². The molecule has 0 saturated heterocycles. The Morgan fingerprint density at radius 1 is 0.500 bits per heavy atom. The van der Waals surface area contributed by atoms with E-state index < -0.39 is 0 Å². The molecule has 32 heavy (non-hydrogen) atoms. The third kappa shape index (κ3) is 9.51. The van der Waals surface area contributed by atoms with E-state index in [0.717, 1.165) is 61.3 Å². The van der Waals surface area contributed by atoms with Gasteiger partial charge in [-0.3, -0.25) is 9.98 Å². The van der Waals surface area contributed by atoms with Crippen LogP contribution < -0.4 is 0 Å². The maximum absolute atomic E-state index is 5.11. The Labute approximate surface area is 197 Å². The quantitative estimate of drug-likeness (QED) is 0.250. The van der Waals surface area contributed by atoms with Gasteiger partial charge in [0.25, 0.3) is 0 Å². The first-order valence-corrected chi connectivity index (χ1v) is 13.0. The van der Waals surface area contributed by atoms with Crippen LogP contribution in [0.5, 0.6) is 0 Å². The molecule has 0 N–H and O–H groups in total. The summed E-state index contributed by atoms with van der Waals surface area (Å²) in [6, 6.07) is 17.7. The molecular weight excluding hydrogens is 388 g/mol. The molecule has 2 aromatic carbocycles. The molecule has 0 fully saturated rings. The van der Waals surface area contributed by atoms with Crippen molar-refractivity contribution in [2.75, 3.05) is 0 Å². The molecular formula is C30H44N2. The minimum atomic E-state index is 0.991. The van der Waals surface area contributed by atoms with Crippen molar-refractivity contribution in [3.8, 4) is 0 Å². The number of aryl methyl sites for hydroxylation is 2. The predicted octanol–water partition coefficient (Wildman–Crippen LogP) is 9.60. The first kappa shape index (κ1) is 26.0. The first-order chi connectivity index (χ1) is 15.7. The molecule has 0 atom stereocenters. The van der Waals surface area contributed by atoms with E-state index in [-0.39, 0.29) is 0 Å². The number of hydrogen-bond donors (Lipinski definition) is 0. The van der Waals surface area contributed by atoms with Gasteiger partial charge in [0.1, 0.15) is 0 Å². The minimum absolute atomic E-state index is 0.991. The first-order valence-electron chi connectivity index (χ1n) is 13.0. The molecule has 0 aliphatic carbocycles. The monoisotopic (exact) mass is 432 g/mol. The van der Waals surface area contributed by atoms with Crippen LogP contribution in [0.15, 0.2) is 58.5 Å². The zero-order valence-corrected chi connectivity index (χ0v) is 21.0. The fraction of sp³-hybridized carbons (Fsp3) is 0.533. The van der Waals surface area contributed by atoms with E-state index in [1.165, 1.54) is 49.7 Å². The van der Waals surface area contributed by atoms with Crippen molar-refractivity contribution < 1.29 is 0 Å². The standard InChI is InChI=1S/C30H44N2/c1-5-9-13-25-17-21-27(22-18-25)31-29(15-11-7-3)30(16-12-8-4)32-28-23-19-26(20-24-28)14-10-6-2/h17-24H,5-16H2,1-4H3. The molecule has 0 unspecified atom stereocenters. The van der Waals surface area contributed by atoms with Gasteiger partial charge in [-0.15, -0.1) is 0 Å². The van der Waals surface area contributed by atoms with Crippen molar-refractivity contribution in [2.45, 2.75) is 105 Å². The van der Waals surface area contributed by atoms with E-state index in [0.29, 0.717) is 0 Å². The summed E-state index contributed by atoms with van der Waals surface area (Å²) in [6.07, 6.45) is 13.9. The van der Waals surface area contributed by atoms with Gasteiger partial charge in [-0.2, -0.15) is 0 Å². The zero-order valence-electron chi connectivity index (χ0n) is 21.0. The smallest absolute Gasteiger partial charge is 0.0633 e. The molecule has 0 bridgehead atoms. The Balaban J connectivity index is 2.30. The molecule has 2 heteroatoms. The normalized spacial score (nSPS) is 12.4. The number of hydrogen-bond acceptors (Lipinski definition) is 2. The third-order valence-electron chi connectivity index (χ3n) is 5.91. The van der Waals surface area contributed by atoms with E-state index in [9.17, 15) is 0 Å². The van der Waals surface area contributed by atoms with Gasteiger partial charge in [0, 0.05) is 0 Å². The van der Waals surface area contributed by atoms with Crippen LogP contribution >= 0.6 is 0 Å². The summed E-state index contributed by atoms with van der Waals surface area (Å²) in [5.41, 5.74) is 7.24. The Hall–Kier alpha value is -2.22. The molecule has 2 rings (SSSR count). The highest BCUT2D eigenvalue weighted by Gasteiger charge is 2.10. The number of benzene rings is 2. The fourth-order valence-corrected chi connectivity index (χ4v) is 3.77. The Bertz CT molecular complexity index is 741. The predicted molar refractivity (Wildman–Crippen MR) is 143 cm³/mol. The largest absolute Gasteiger partial charge is 0.252 e. The van der Waals surface area contributed by atoms with Gasteiger partial charge < -0.3 is 0 Å². The van der Waals surface area contributed by atoms with E-state index in [1.54, 1.807) is 0 Å². The van der Waals surface area contributed by atoms with Crippen LogP contribution in [0.3, 0.4) is 0 Å². The van der Waals surface area contributed by atoms with Gasteiger partial charge in [0.15, 0.2) is 0 Å². The lowest BCUT2D eigenvalue weighted by Gasteiger charge is -2.11. The van der Waals surface area contributed by atoms with Crippen molar-refractivity contribution in [2.24, 2.45) is 9.98 Å². The van der Waals surface area contributed by atoms with Gasteiger partial charge in [-0.05, 0) is 86.8 Å². The topological polar surface area (TPSA) is 24.7 Å². The van der Waals surface area contributed by atoms with E-state index in [2.05, 4.69) is 76.2 Å². The van der Waals surface area contributed by atoms with Crippen molar-refractivity contribution in [3.05, 3.63) is 59.7 Å². The Kier molecular flexibility index (Phi) is 12.7. The summed E-state index contributed by atoms with van der Waals surface area (Å²) in [6.45, 7) is 8.99. The van der Waals surface area contributed by atoms with Crippen LogP contribution in [-0.2, 0) is 12.8 Å². The number of rotatable bonds is 15. The molecule has 2 nitrogen and oxygen atoms in total. The highest BCUT2D eigenvalue weighted by Crippen LogP contribution is 2.21. The molecule has 0 spiro atoms. The molecule has 0 saturated carbocycles. The average Bonchev–Trinajstić information content (AvgIpc) is 2.83. The summed E-state index contributed by atoms with van der Waals surface area (Å²) in [4.78, 5) is 10.2. The highest BCUT2D eigenvalue weighted by atomic mass is 14.8. The van der Waals surface area contributed by atoms with E-state index >= 15 is 0 Å². The molecule has 0 aliphatic heterocycles. The van der Waals surface area contributed by atoms with Crippen molar-refractivity contribution >= 4 is 22.8 Å². The lowest BCUT2D eigenvalue weighted by molar-refractivity contribution is 0.795. The summed E-state index contributed by atoms with van der Waals surface area (Å²) in [5, 5.41) is 0. The molecule has 0 aromatic heterocycles. The Morgan fingerprint density at radius 3 is 1.16 bits per heavy atom. The van der Waals surface area contributed by atoms with Crippen LogP contribution in [0.4, 0.5) is 11.4 Å². The van der Waals surface area contributed by atoms with Crippen LogP contribution in [0, 0.1) is 0 Å². The van der Waals surface area contributed by atoms with Gasteiger partial charge >= 0.3 is 0 Å². The second kappa shape index (κ2) is 15.6. The van der Waals surface area contributed by atoms with Gasteiger partial charge in [0.2, 0.25) is 0 Å². The molecule has 0 radical (unpaired) electrons. The molecule has 0 aliphatic rings. The lowest BCUT2D eigenvalue weighted by Crippen LogP contribution is -2.14. The minimum Gasteiger partial charge on any atom is -0.252 e. The van der Waals surface area contributed by atoms with E-state index in [4.69, 9.17) is 9.98 Å². The second-order valence-corrected chi connectivity index (χ2v) is 8.86. The second-order valence-electron chi connectivity index (χ2n) is 8.86.